The summed E-state index contributed by atoms with van der Waals surface area (Å²) >= 11 is 0. The summed E-state index contributed by atoms with van der Waals surface area (Å²) in [5, 5.41) is 1.96. The summed E-state index contributed by atoms with van der Waals surface area (Å²) in [6.07, 6.45) is 5.26. The number of aryl methyl sites for hydroxylation is 1. The summed E-state index contributed by atoms with van der Waals surface area (Å²) in [6, 6.07) is 64.4. The average molecular weight is 837 g/mol. The second kappa shape index (κ2) is 19.9. The fourth-order valence-electron chi connectivity index (χ4n) is 10.2. The van der Waals surface area contributed by atoms with Crippen LogP contribution in [0.5, 0.6) is 0 Å². The molecule has 0 fully saturated rings. The minimum Gasteiger partial charge on any atom is -0.299 e. The minimum atomic E-state index is -0.141. The molecule has 0 saturated heterocycles. The Morgan fingerprint density at radius 3 is 1.30 bits per heavy atom. The first-order valence-corrected chi connectivity index (χ1v) is 23.5. The third-order valence-electron chi connectivity index (χ3n) is 13.6. The zero-order valence-corrected chi connectivity index (χ0v) is 39.0. The molecule has 64 heavy (non-hydrogen) atoms. The van der Waals surface area contributed by atoms with Gasteiger partial charge in [0.1, 0.15) is 0 Å². The lowest BCUT2D eigenvalue weighted by Crippen LogP contribution is -2.36. The smallest absolute Gasteiger partial charge is 0.0952 e. The zero-order chi connectivity index (χ0) is 44.7. The SMILES string of the molecule is CCCc1ccccc1-c1cccc(-c2cccc(-c3cccc(-c4cccc(-c5cccc(N(N)C(c6ccccc6)c6ccccc6)c5C)c4CCC)c3C)c2C(C)CC)c1C. The van der Waals surface area contributed by atoms with Crippen LogP contribution in [0.3, 0.4) is 0 Å². The molecule has 0 saturated carbocycles. The molecule has 1 unspecified atom stereocenters. The van der Waals surface area contributed by atoms with Crippen molar-refractivity contribution in [2.45, 2.75) is 92.5 Å². The highest BCUT2D eigenvalue weighted by Crippen LogP contribution is 2.45. The second-order valence-electron chi connectivity index (χ2n) is 17.6. The van der Waals surface area contributed by atoms with Gasteiger partial charge in [-0.3, -0.25) is 5.01 Å². The van der Waals surface area contributed by atoms with Gasteiger partial charge in [0, 0.05) is 0 Å². The van der Waals surface area contributed by atoms with E-state index >= 15 is 0 Å². The highest BCUT2D eigenvalue weighted by molar-refractivity contribution is 5.89. The number of nitrogens with zero attached hydrogens (tertiary/aromatic N) is 1. The summed E-state index contributed by atoms with van der Waals surface area (Å²) in [5.74, 6) is 7.61. The molecule has 8 rings (SSSR count). The van der Waals surface area contributed by atoms with E-state index in [1.165, 1.54) is 89.0 Å². The lowest BCUT2D eigenvalue weighted by Gasteiger charge is -2.32. The van der Waals surface area contributed by atoms with Crippen molar-refractivity contribution in [1.82, 2.24) is 0 Å². The van der Waals surface area contributed by atoms with Gasteiger partial charge >= 0.3 is 0 Å². The van der Waals surface area contributed by atoms with E-state index in [1.807, 2.05) is 5.01 Å². The molecule has 0 amide bonds. The fraction of sp³-hybridized carbons (Fsp3) is 0.226. The van der Waals surface area contributed by atoms with Crippen LogP contribution < -0.4 is 10.9 Å². The number of rotatable bonds is 15. The monoisotopic (exact) mass is 837 g/mol. The molecule has 0 aliphatic rings. The van der Waals surface area contributed by atoms with Gasteiger partial charge in [0.15, 0.2) is 0 Å². The van der Waals surface area contributed by atoms with E-state index in [4.69, 9.17) is 5.84 Å². The first-order chi connectivity index (χ1) is 31.3. The van der Waals surface area contributed by atoms with Crippen LogP contribution in [0.25, 0.3) is 55.6 Å². The molecule has 8 aromatic rings. The topological polar surface area (TPSA) is 29.3 Å². The quantitative estimate of drug-likeness (QED) is 0.0823. The molecule has 2 nitrogen and oxygen atoms in total. The second-order valence-corrected chi connectivity index (χ2v) is 17.6. The molecule has 0 aliphatic heterocycles. The van der Waals surface area contributed by atoms with Crippen LogP contribution >= 0.6 is 0 Å². The van der Waals surface area contributed by atoms with Crippen molar-refractivity contribution in [2.75, 3.05) is 5.01 Å². The number of anilines is 1. The van der Waals surface area contributed by atoms with Gasteiger partial charge < -0.3 is 0 Å². The van der Waals surface area contributed by atoms with Gasteiger partial charge in [-0.15, -0.1) is 0 Å². The minimum absolute atomic E-state index is 0.141. The van der Waals surface area contributed by atoms with Gasteiger partial charge in [0.2, 0.25) is 0 Å². The van der Waals surface area contributed by atoms with E-state index in [2.05, 4.69) is 224 Å². The molecule has 2 N–H and O–H groups in total. The van der Waals surface area contributed by atoms with E-state index in [0.29, 0.717) is 5.92 Å². The Bertz CT molecular complexity index is 2810. The van der Waals surface area contributed by atoms with E-state index in [0.717, 1.165) is 48.9 Å². The Balaban J connectivity index is 1.24. The first kappa shape index (κ1) is 44.1. The predicted molar refractivity (Wildman–Crippen MR) is 276 cm³/mol. The van der Waals surface area contributed by atoms with Crippen LogP contribution in [0.2, 0.25) is 0 Å². The van der Waals surface area contributed by atoms with Crippen molar-refractivity contribution in [3.8, 4) is 55.6 Å². The zero-order valence-electron chi connectivity index (χ0n) is 39.0. The van der Waals surface area contributed by atoms with Crippen molar-refractivity contribution < 1.29 is 0 Å². The summed E-state index contributed by atoms with van der Waals surface area (Å²) in [5.41, 5.74) is 24.4. The molecular formula is C62H64N2. The average Bonchev–Trinajstić information content (AvgIpc) is 3.33. The Morgan fingerprint density at radius 2 is 0.797 bits per heavy atom. The lowest BCUT2D eigenvalue weighted by atomic mass is 9.80. The van der Waals surface area contributed by atoms with Crippen molar-refractivity contribution in [2.24, 2.45) is 5.84 Å². The fourth-order valence-corrected chi connectivity index (χ4v) is 10.2. The molecular weight excluding hydrogens is 773 g/mol. The van der Waals surface area contributed by atoms with Gasteiger partial charge in [0.25, 0.3) is 0 Å². The van der Waals surface area contributed by atoms with Crippen molar-refractivity contribution in [1.29, 1.82) is 0 Å². The predicted octanol–water partition coefficient (Wildman–Crippen LogP) is 16.8. The summed E-state index contributed by atoms with van der Waals surface area (Å²) in [6.45, 7) is 16.2. The summed E-state index contributed by atoms with van der Waals surface area (Å²) < 4.78 is 0. The largest absolute Gasteiger partial charge is 0.299 e. The normalized spacial score (nSPS) is 11.8. The van der Waals surface area contributed by atoms with Gasteiger partial charge in [-0.2, -0.15) is 0 Å². The third-order valence-corrected chi connectivity index (χ3v) is 13.6. The number of benzene rings is 8. The Labute approximate surface area is 383 Å². The molecule has 322 valence electrons. The van der Waals surface area contributed by atoms with Crippen molar-refractivity contribution >= 4 is 5.69 Å². The Morgan fingerprint density at radius 1 is 0.406 bits per heavy atom. The van der Waals surface area contributed by atoms with Crippen LogP contribution in [-0.2, 0) is 12.8 Å². The summed E-state index contributed by atoms with van der Waals surface area (Å²) in [4.78, 5) is 0. The van der Waals surface area contributed by atoms with Crippen LogP contribution in [-0.4, -0.2) is 0 Å². The number of hydrogen-bond donors (Lipinski definition) is 1. The van der Waals surface area contributed by atoms with E-state index in [1.54, 1.807) is 0 Å². The maximum Gasteiger partial charge on any atom is 0.0952 e. The lowest BCUT2D eigenvalue weighted by molar-refractivity contribution is 0.733. The van der Waals surface area contributed by atoms with Crippen LogP contribution in [0, 0.1) is 20.8 Å². The van der Waals surface area contributed by atoms with E-state index in [9.17, 15) is 0 Å². The van der Waals surface area contributed by atoms with Crippen LogP contribution in [0.15, 0.2) is 176 Å². The maximum absolute atomic E-state index is 7.24. The first-order valence-electron chi connectivity index (χ1n) is 23.5. The third kappa shape index (κ3) is 8.60. The molecule has 0 heterocycles. The maximum atomic E-state index is 7.24. The van der Waals surface area contributed by atoms with Gasteiger partial charge in [0.05, 0.1) is 11.7 Å². The van der Waals surface area contributed by atoms with Crippen LogP contribution in [0.1, 0.15) is 103 Å². The Kier molecular flexibility index (Phi) is 13.7. The molecule has 0 aliphatic carbocycles. The number of nitrogens with two attached hydrogens (primary N) is 1. The standard InChI is InChI=1S/C62H64N2/c1-8-24-46-26-17-18-31-54(46)49-32-19-34-51(43(49)5)58-39-22-40-59(61(58)42(4)10-3)52-35-20-33-50(44(52)6)56-37-21-38-57(55(56)25-9-2)53-36-23-41-60(45(53)7)64(63)62(47-27-13-11-14-28-47)48-29-15-12-16-30-48/h11-23,26-42,62H,8-10,24-25,63H2,1-7H3. The van der Waals surface area contributed by atoms with E-state index in [-0.39, 0.29) is 6.04 Å². The Hall–Kier alpha value is -6.48. The van der Waals surface area contributed by atoms with Gasteiger partial charge in [-0.25, -0.2) is 5.84 Å². The molecule has 0 aromatic heterocycles. The van der Waals surface area contributed by atoms with Crippen LogP contribution in [0.4, 0.5) is 5.69 Å². The van der Waals surface area contributed by atoms with E-state index < -0.39 is 0 Å². The highest BCUT2D eigenvalue weighted by Gasteiger charge is 2.25. The van der Waals surface area contributed by atoms with Gasteiger partial charge in [-0.05, 0) is 152 Å². The molecule has 0 bridgehead atoms. The molecule has 2 heteroatoms. The van der Waals surface area contributed by atoms with Crippen molar-refractivity contribution in [3.05, 3.63) is 220 Å². The number of hydrazine groups is 1. The molecule has 8 aromatic carbocycles. The summed E-state index contributed by atoms with van der Waals surface area (Å²) in [7, 11) is 0. The number of hydrogen-bond acceptors (Lipinski definition) is 2. The molecule has 0 spiro atoms. The molecule has 1 atom stereocenters. The molecule has 0 radical (unpaired) electrons. The highest BCUT2D eigenvalue weighted by atomic mass is 15.4. The van der Waals surface area contributed by atoms with Gasteiger partial charge in [-0.1, -0.05) is 210 Å². The van der Waals surface area contributed by atoms with Crippen molar-refractivity contribution in [3.63, 3.8) is 0 Å².